The zero-order valence-electron chi connectivity index (χ0n) is 14.0. The summed E-state index contributed by atoms with van der Waals surface area (Å²) in [5, 5.41) is 1.29. The number of piperidine rings is 1. The van der Waals surface area contributed by atoms with Crippen LogP contribution in [0.3, 0.4) is 0 Å². The number of aromatic amines is 1. The van der Waals surface area contributed by atoms with Crippen LogP contribution in [0.1, 0.15) is 24.5 Å². The Hall–Kier alpha value is -1.85. The summed E-state index contributed by atoms with van der Waals surface area (Å²) >= 11 is 0. The van der Waals surface area contributed by atoms with Gasteiger partial charge in [0.05, 0.1) is 19.8 Å². The number of H-pyrrole nitrogens is 1. The molecule has 4 rings (SSSR count). The van der Waals surface area contributed by atoms with Gasteiger partial charge in [-0.1, -0.05) is 18.2 Å². The predicted molar refractivity (Wildman–Crippen MR) is 94.1 cm³/mol. The fourth-order valence-corrected chi connectivity index (χ4v) is 3.82. The van der Waals surface area contributed by atoms with E-state index in [1.165, 1.54) is 16.6 Å². The van der Waals surface area contributed by atoms with Gasteiger partial charge < -0.3 is 14.6 Å². The van der Waals surface area contributed by atoms with Gasteiger partial charge in [-0.15, -0.1) is 0 Å². The molecular formula is C19H25N3O2. The van der Waals surface area contributed by atoms with Crippen molar-refractivity contribution in [3.63, 3.8) is 0 Å². The molecule has 1 aromatic heterocycles. The van der Waals surface area contributed by atoms with E-state index in [0.717, 1.165) is 39.0 Å². The van der Waals surface area contributed by atoms with E-state index in [-0.39, 0.29) is 5.91 Å². The standard InChI is InChI=1S/C19H25N3O2/c23-19(22-9-11-24-12-10-22)14-21-7-5-15(6-8-21)18-13-16-3-1-2-4-17(16)20-18/h1-4,13,15,20H,5-12,14H2. The summed E-state index contributed by atoms with van der Waals surface area (Å²) in [6, 6.07) is 10.7. The zero-order chi connectivity index (χ0) is 16.4. The number of amides is 1. The summed E-state index contributed by atoms with van der Waals surface area (Å²) in [5.74, 6) is 0.828. The first-order valence-corrected chi connectivity index (χ1v) is 8.95. The number of morpholine rings is 1. The molecule has 0 radical (unpaired) electrons. The maximum atomic E-state index is 12.4. The first-order chi connectivity index (χ1) is 11.8. The highest BCUT2D eigenvalue weighted by molar-refractivity contribution is 5.80. The third kappa shape index (κ3) is 3.32. The molecule has 2 aliphatic rings. The number of nitrogens with one attached hydrogen (secondary N) is 1. The molecule has 0 atom stereocenters. The summed E-state index contributed by atoms with van der Waals surface area (Å²) in [5.41, 5.74) is 2.56. The molecule has 128 valence electrons. The van der Waals surface area contributed by atoms with Gasteiger partial charge >= 0.3 is 0 Å². The quantitative estimate of drug-likeness (QED) is 0.940. The lowest BCUT2D eigenvalue weighted by Crippen LogP contribution is -2.47. The lowest BCUT2D eigenvalue weighted by atomic mass is 9.93. The number of carbonyl (C=O) groups is 1. The van der Waals surface area contributed by atoms with Crippen molar-refractivity contribution in [2.24, 2.45) is 0 Å². The zero-order valence-corrected chi connectivity index (χ0v) is 14.0. The van der Waals surface area contributed by atoms with Crippen LogP contribution in [0, 0.1) is 0 Å². The van der Waals surface area contributed by atoms with Crippen LogP contribution in [-0.4, -0.2) is 66.6 Å². The minimum atomic E-state index is 0.252. The van der Waals surface area contributed by atoms with Crippen molar-refractivity contribution >= 4 is 16.8 Å². The molecule has 1 N–H and O–H groups in total. The summed E-state index contributed by atoms with van der Waals surface area (Å²) in [6.45, 7) is 5.38. The Balaban J connectivity index is 1.32. The first-order valence-electron chi connectivity index (χ1n) is 8.95. The topological polar surface area (TPSA) is 48.6 Å². The molecule has 2 aromatic rings. The maximum absolute atomic E-state index is 12.4. The molecule has 0 aliphatic carbocycles. The second-order valence-electron chi connectivity index (χ2n) is 6.86. The van der Waals surface area contributed by atoms with E-state index in [0.29, 0.717) is 25.7 Å². The molecule has 2 aliphatic heterocycles. The van der Waals surface area contributed by atoms with Gasteiger partial charge in [-0.05, 0) is 43.5 Å². The number of aromatic nitrogens is 1. The fraction of sp³-hybridized carbons (Fsp3) is 0.526. The van der Waals surface area contributed by atoms with Crippen LogP contribution in [-0.2, 0) is 9.53 Å². The largest absolute Gasteiger partial charge is 0.378 e. The maximum Gasteiger partial charge on any atom is 0.236 e. The highest BCUT2D eigenvalue weighted by Gasteiger charge is 2.25. The molecule has 5 nitrogen and oxygen atoms in total. The molecule has 0 saturated carbocycles. The third-order valence-electron chi connectivity index (χ3n) is 5.30. The number of hydrogen-bond donors (Lipinski definition) is 1. The Bertz CT molecular complexity index is 664. The van der Waals surface area contributed by atoms with Crippen LogP contribution >= 0.6 is 0 Å². The average Bonchev–Trinajstić information content (AvgIpc) is 3.07. The Morgan fingerprint density at radius 3 is 2.62 bits per heavy atom. The number of hydrogen-bond acceptors (Lipinski definition) is 3. The molecule has 1 amide bonds. The second-order valence-corrected chi connectivity index (χ2v) is 6.86. The van der Waals surface area contributed by atoms with Crippen molar-refractivity contribution in [3.8, 4) is 0 Å². The van der Waals surface area contributed by atoms with Crippen molar-refractivity contribution < 1.29 is 9.53 Å². The van der Waals surface area contributed by atoms with E-state index in [1.807, 2.05) is 4.90 Å². The normalized spacial score (nSPS) is 20.6. The molecule has 0 bridgehead atoms. The van der Waals surface area contributed by atoms with Crippen molar-refractivity contribution in [2.75, 3.05) is 45.9 Å². The molecule has 3 heterocycles. The number of ether oxygens (including phenoxy) is 1. The molecule has 1 aromatic carbocycles. The predicted octanol–water partition coefficient (Wildman–Crippen LogP) is 2.21. The summed E-state index contributed by atoms with van der Waals surface area (Å²) < 4.78 is 5.32. The SMILES string of the molecule is O=C(CN1CCC(c2cc3ccccc3[nH]2)CC1)N1CCOCC1. The van der Waals surface area contributed by atoms with E-state index in [9.17, 15) is 4.79 Å². The fourth-order valence-electron chi connectivity index (χ4n) is 3.82. The lowest BCUT2D eigenvalue weighted by molar-refractivity contribution is -0.136. The number of nitrogens with zero attached hydrogens (tertiary/aromatic N) is 2. The average molecular weight is 327 g/mol. The minimum absolute atomic E-state index is 0.252. The van der Waals surface area contributed by atoms with E-state index < -0.39 is 0 Å². The molecule has 2 saturated heterocycles. The van der Waals surface area contributed by atoms with Crippen molar-refractivity contribution in [2.45, 2.75) is 18.8 Å². The second kappa shape index (κ2) is 6.95. The van der Waals surface area contributed by atoms with Crippen LogP contribution in [0.25, 0.3) is 10.9 Å². The van der Waals surface area contributed by atoms with Gasteiger partial charge in [0, 0.05) is 30.2 Å². The monoisotopic (exact) mass is 327 g/mol. The summed E-state index contributed by atoms with van der Waals surface area (Å²) in [7, 11) is 0. The highest BCUT2D eigenvalue weighted by atomic mass is 16.5. The number of para-hydroxylation sites is 1. The van der Waals surface area contributed by atoms with Crippen LogP contribution in [0.15, 0.2) is 30.3 Å². The van der Waals surface area contributed by atoms with Gasteiger partial charge in [0.2, 0.25) is 5.91 Å². The highest BCUT2D eigenvalue weighted by Crippen LogP contribution is 2.29. The van der Waals surface area contributed by atoms with E-state index >= 15 is 0 Å². The van der Waals surface area contributed by atoms with Gasteiger partial charge in [0.25, 0.3) is 0 Å². The van der Waals surface area contributed by atoms with Gasteiger partial charge in [-0.25, -0.2) is 0 Å². The van der Waals surface area contributed by atoms with Crippen LogP contribution in [0.2, 0.25) is 0 Å². The van der Waals surface area contributed by atoms with Crippen molar-refractivity contribution in [3.05, 3.63) is 36.0 Å². The van der Waals surface area contributed by atoms with Crippen LogP contribution in [0.4, 0.5) is 0 Å². The van der Waals surface area contributed by atoms with Crippen molar-refractivity contribution in [1.82, 2.24) is 14.8 Å². The Labute approximate surface area is 142 Å². The minimum Gasteiger partial charge on any atom is -0.378 e. The van der Waals surface area contributed by atoms with Gasteiger partial charge in [0.1, 0.15) is 0 Å². The molecule has 0 unspecified atom stereocenters. The molecule has 24 heavy (non-hydrogen) atoms. The third-order valence-corrected chi connectivity index (χ3v) is 5.30. The lowest BCUT2D eigenvalue weighted by Gasteiger charge is -2.34. The van der Waals surface area contributed by atoms with Gasteiger partial charge in [-0.2, -0.15) is 0 Å². The molecular weight excluding hydrogens is 302 g/mol. The first kappa shape index (κ1) is 15.7. The van der Waals surface area contributed by atoms with Crippen LogP contribution < -0.4 is 0 Å². The van der Waals surface area contributed by atoms with Gasteiger partial charge in [-0.3, -0.25) is 9.69 Å². The Morgan fingerprint density at radius 2 is 1.88 bits per heavy atom. The van der Waals surface area contributed by atoms with Crippen molar-refractivity contribution in [1.29, 1.82) is 0 Å². The number of benzene rings is 1. The Kier molecular flexibility index (Phi) is 4.54. The van der Waals surface area contributed by atoms with Gasteiger partial charge in [0.15, 0.2) is 0 Å². The smallest absolute Gasteiger partial charge is 0.236 e. The number of rotatable bonds is 3. The molecule has 2 fully saturated rings. The van der Waals surface area contributed by atoms with E-state index in [4.69, 9.17) is 4.74 Å². The molecule has 5 heteroatoms. The summed E-state index contributed by atoms with van der Waals surface area (Å²) in [6.07, 6.45) is 2.23. The van der Waals surface area contributed by atoms with E-state index in [1.54, 1.807) is 0 Å². The Morgan fingerprint density at radius 1 is 1.12 bits per heavy atom. The molecule has 0 spiro atoms. The number of likely N-dealkylation sites (tertiary alicyclic amines) is 1. The van der Waals surface area contributed by atoms with Crippen LogP contribution in [0.5, 0.6) is 0 Å². The summed E-state index contributed by atoms with van der Waals surface area (Å²) in [4.78, 5) is 20.2. The number of fused-ring (bicyclic) bond motifs is 1. The number of carbonyl (C=O) groups excluding carboxylic acids is 1. The van der Waals surface area contributed by atoms with E-state index in [2.05, 4.69) is 40.2 Å².